The average Bonchev–Trinajstić information content (AvgIpc) is 2.73. The summed E-state index contributed by atoms with van der Waals surface area (Å²) in [5.74, 6) is -0.0916. The number of fused-ring (bicyclic) bond motifs is 1. The van der Waals surface area contributed by atoms with E-state index in [2.05, 4.69) is 6.07 Å². The number of nitrogens with zero attached hydrogens (tertiary/aromatic N) is 1. The molecule has 0 fully saturated rings. The van der Waals surface area contributed by atoms with Gasteiger partial charge in [0, 0.05) is 20.0 Å². The van der Waals surface area contributed by atoms with E-state index < -0.39 is 0 Å². The zero-order chi connectivity index (χ0) is 13.1. The summed E-state index contributed by atoms with van der Waals surface area (Å²) in [7, 11) is 1.35. The molecule has 0 bridgehead atoms. The molecule has 2 aromatic rings. The number of ether oxygens (including phenoxy) is 1. The molecule has 1 aromatic heterocycles. The number of esters is 1. The van der Waals surface area contributed by atoms with Crippen LogP contribution in [0.1, 0.15) is 9.67 Å². The van der Waals surface area contributed by atoms with E-state index in [1.807, 2.05) is 12.1 Å². The summed E-state index contributed by atoms with van der Waals surface area (Å²) in [6.45, 7) is 0. The van der Waals surface area contributed by atoms with Crippen LogP contribution in [0.15, 0.2) is 23.1 Å². The summed E-state index contributed by atoms with van der Waals surface area (Å²) in [6.07, 6.45) is 0. The van der Waals surface area contributed by atoms with Gasteiger partial charge in [-0.2, -0.15) is 5.26 Å². The fourth-order valence-corrected chi connectivity index (χ4v) is 3.94. The number of hydrogen-bond acceptors (Lipinski definition) is 5. The Kier molecular flexibility index (Phi) is 4.12. The minimum absolute atomic E-state index is 0.290. The Morgan fingerprint density at radius 2 is 2.39 bits per heavy atom. The van der Waals surface area contributed by atoms with E-state index in [4.69, 9.17) is 21.6 Å². The molecule has 0 unspecified atom stereocenters. The Balaban J connectivity index is 2.60. The van der Waals surface area contributed by atoms with Gasteiger partial charge in [0.05, 0.1) is 18.9 Å². The molecule has 0 amide bonds. The third-order valence-corrected chi connectivity index (χ3v) is 4.74. The summed E-state index contributed by atoms with van der Waals surface area (Å²) < 4.78 is 5.68. The number of halogens is 1. The highest BCUT2D eigenvalue weighted by atomic mass is 35.5. The number of carbonyl (C=O) groups excluding carboxylic acids is 1. The molecule has 0 atom stereocenters. The maximum absolute atomic E-state index is 11.7. The first kappa shape index (κ1) is 13.2. The molecule has 92 valence electrons. The first-order valence-electron chi connectivity index (χ1n) is 4.97. The third kappa shape index (κ3) is 2.46. The van der Waals surface area contributed by atoms with Crippen LogP contribution < -0.4 is 0 Å². The minimum Gasteiger partial charge on any atom is -0.465 e. The average molecular weight is 298 g/mol. The van der Waals surface area contributed by atoms with Crippen LogP contribution in [-0.2, 0) is 4.74 Å². The highest BCUT2D eigenvalue weighted by Gasteiger charge is 2.19. The molecule has 0 radical (unpaired) electrons. The van der Waals surface area contributed by atoms with Gasteiger partial charge in [-0.25, -0.2) is 4.79 Å². The van der Waals surface area contributed by atoms with Gasteiger partial charge >= 0.3 is 5.97 Å². The SMILES string of the molecule is COC(=O)c1sc2cc(Cl)ccc2c1SCC#N. The fourth-order valence-electron chi connectivity index (χ4n) is 1.52. The number of thioether (sulfide) groups is 1. The molecule has 6 heteroatoms. The van der Waals surface area contributed by atoms with Crippen LogP contribution in [0.4, 0.5) is 0 Å². The van der Waals surface area contributed by atoms with E-state index in [1.54, 1.807) is 6.07 Å². The second-order valence-corrected chi connectivity index (χ2v) is 5.81. The molecule has 1 heterocycles. The second kappa shape index (κ2) is 5.61. The summed E-state index contributed by atoms with van der Waals surface area (Å²) >= 11 is 8.60. The standard InChI is InChI=1S/C12H8ClNO2S2/c1-16-12(15)11-10(17-5-4-14)8-3-2-7(13)6-9(8)18-11/h2-3,6H,5H2,1H3. The van der Waals surface area contributed by atoms with Crippen molar-refractivity contribution in [2.75, 3.05) is 12.9 Å². The van der Waals surface area contributed by atoms with Crippen LogP contribution in [0.2, 0.25) is 5.02 Å². The first-order chi connectivity index (χ1) is 8.67. The van der Waals surface area contributed by atoms with E-state index in [0.717, 1.165) is 15.0 Å². The fraction of sp³-hybridized carbons (Fsp3) is 0.167. The molecular weight excluding hydrogens is 290 g/mol. The van der Waals surface area contributed by atoms with E-state index >= 15 is 0 Å². The summed E-state index contributed by atoms with van der Waals surface area (Å²) in [6, 6.07) is 7.50. The summed E-state index contributed by atoms with van der Waals surface area (Å²) in [5, 5.41) is 10.2. The van der Waals surface area contributed by atoms with Crippen molar-refractivity contribution in [2.45, 2.75) is 4.90 Å². The van der Waals surface area contributed by atoms with Crippen LogP contribution in [0, 0.1) is 11.3 Å². The predicted molar refractivity (Wildman–Crippen MR) is 74.5 cm³/mol. The number of benzene rings is 1. The number of methoxy groups -OCH3 is 1. The molecule has 18 heavy (non-hydrogen) atoms. The number of hydrogen-bond donors (Lipinski definition) is 0. The molecule has 2 rings (SSSR count). The van der Waals surface area contributed by atoms with Crippen LogP contribution in [0.5, 0.6) is 0 Å². The third-order valence-electron chi connectivity index (χ3n) is 2.26. The van der Waals surface area contributed by atoms with Crippen molar-refractivity contribution in [2.24, 2.45) is 0 Å². The minimum atomic E-state index is -0.382. The Morgan fingerprint density at radius 1 is 1.61 bits per heavy atom. The Bertz CT molecular complexity index is 645. The van der Waals surface area contributed by atoms with Gasteiger partial charge in [-0.1, -0.05) is 17.7 Å². The van der Waals surface area contributed by atoms with Crippen molar-refractivity contribution in [3.63, 3.8) is 0 Å². The molecule has 0 N–H and O–H groups in total. The Labute approximate surface area is 117 Å². The predicted octanol–water partition coefficient (Wildman–Crippen LogP) is 3.96. The molecule has 3 nitrogen and oxygen atoms in total. The van der Waals surface area contributed by atoms with E-state index in [-0.39, 0.29) is 5.97 Å². The maximum atomic E-state index is 11.7. The molecule has 0 saturated heterocycles. The lowest BCUT2D eigenvalue weighted by Gasteiger charge is -2.00. The summed E-state index contributed by atoms with van der Waals surface area (Å²) in [4.78, 5) is 13.0. The highest BCUT2D eigenvalue weighted by Crippen LogP contribution is 2.39. The van der Waals surface area contributed by atoms with Crippen molar-refractivity contribution in [3.8, 4) is 6.07 Å². The lowest BCUT2D eigenvalue weighted by molar-refractivity contribution is 0.0603. The quantitative estimate of drug-likeness (QED) is 0.635. The van der Waals surface area contributed by atoms with Gasteiger partial charge in [-0.3, -0.25) is 0 Å². The smallest absolute Gasteiger partial charge is 0.349 e. The first-order valence-corrected chi connectivity index (χ1v) is 7.15. The number of nitriles is 1. The molecular formula is C12H8ClNO2S2. The second-order valence-electron chi connectivity index (χ2n) is 3.34. The van der Waals surface area contributed by atoms with Crippen LogP contribution >= 0.6 is 34.7 Å². The molecule has 0 aliphatic heterocycles. The molecule has 1 aromatic carbocycles. The monoisotopic (exact) mass is 297 g/mol. The van der Waals surface area contributed by atoms with Gasteiger partial charge in [0.2, 0.25) is 0 Å². The topological polar surface area (TPSA) is 50.1 Å². The van der Waals surface area contributed by atoms with Gasteiger partial charge in [-0.15, -0.1) is 23.1 Å². The zero-order valence-electron chi connectivity index (χ0n) is 9.40. The lowest BCUT2D eigenvalue weighted by atomic mass is 10.2. The van der Waals surface area contributed by atoms with Gasteiger partial charge < -0.3 is 4.74 Å². The number of rotatable bonds is 3. The van der Waals surface area contributed by atoms with Gasteiger partial charge in [0.15, 0.2) is 0 Å². The largest absolute Gasteiger partial charge is 0.465 e. The van der Waals surface area contributed by atoms with E-state index in [1.165, 1.54) is 30.2 Å². The summed E-state index contributed by atoms with van der Waals surface area (Å²) in [5.41, 5.74) is 0. The number of thiophene rings is 1. The number of carbonyl (C=O) groups is 1. The lowest BCUT2D eigenvalue weighted by Crippen LogP contribution is -1.99. The normalized spacial score (nSPS) is 10.3. The van der Waals surface area contributed by atoms with Crippen molar-refractivity contribution in [3.05, 3.63) is 28.1 Å². The Morgan fingerprint density at radius 3 is 3.06 bits per heavy atom. The van der Waals surface area contributed by atoms with Crippen LogP contribution in [0.25, 0.3) is 10.1 Å². The molecule has 0 aliphatic carbocycles. The van der Waals surface area contributed by atoms with Gasteiger partial charge in [0.25, 0.3) is 0 Å². The van der Waals surface area contributed by atoms with E-state index in [9.17, 15) is 4.79 Å². The van der Waals surface area contributed by atoms with Crippen LogP contribution in [-0.4, -0.2) is 18.8 Å². The van der Waals surface area contributed by atoms with E-state index in [0.29, 0.717) is 15.7 Å². The van der Waals surface area contributed by atoms with Gasteiger partial charge in [-0.05, 0) is 12.1 Å². The van der Waals surface area contributed by atoms with Crippen molar-refractivity contribution in [1.29, 1.82) is 5.26 Å². The molecule has 0 aliphatic rings. The zero-order valence-corrected chi connectivity index (χ0v) is 11.8. The maximum Gasteiger partial charge on any atom is 0.349 e. The van der Waals surface area contributed by atoms with Gasteiger partial charge in [0.1, 0.15) is 4.88 Å². The highest BCUT2D eigenvalue weighted by molar-refractivity contribution is 8.00. The van der Waals surface area contributed by atoms with Crippen molar-refractivity contribution >= 4 is 50.8 Å². The molecule has 0 saturated carbocycles. The Hall–Kier alpha value is -1.22. The van der Waals surface area contributed by atoms with Crippen molar-refractivity contribution < 1.29 is 9.53 Å². The molecule has 0 spiro atoms. The van der Waals surface area contributed by atoms with Crippen molar-refractivity contribution in [1.82, 2.24) is 0 Å². The van der Waals surface area contributed by atoms with Crippen LogP contribution in [0.3, 0.4) is 0 Å².